The van der Waals surface area contributed by atoms with Crippen LogP contribution in [0, 0.1) is 6.92 Å². The van der Waals surface area contributed by atoms with Crippen LogP contribution in [-0.2, 0) is 11.2 Å². The molecule has 0 saturated carbocycles. The SMILES string of the molecule is CCCNc1c(CCC(=O)[O-])c(C)[nH+]c2ccccc12. The molecule has 0 amide bonds. The van der Waals surface area contributed by atoms with Gasteiger partial charge in [-0.1, -0.05) is 19.1 Å². The highest BCUT2D eigenvalue weighted by atomic mass is 16.4. The molecule has 0 bridgehead atoms. The smallest absolute Gasteiger partial charge is 0.213 e. The van der Waals surface area contributed by atoms with Crippen LogP contribution in [0.2, 0.25) is 0 Å². The van der Waals surface area contributed by atoms with Crippen LogP contribution < -0.4 is 15.4 Å². The molecule has 1 heterocycles. The number of carbonyl (C=O) groups is 1. The Hall–Kier alpha value is -2.10. The van der Waals surface area contributed by atoms with Gasteiger partial charge in [0, 0.05) is 31.1 Å². The number of carboxylic acids is 1. The summed E-state index contributed by atoms with van der Waals surface area (Å²) in [5.74, 6) is -1.01. The molecule has 2 aromatic rings. The number of pyridine rings is 1. The largest absolute Gasteiger partial charge is 0.550 e. The third-order valence-corrected chi connectivity index (χ3v) is 3.40. The average Bonchev–Trinajstić information content (AvgIpc) is 2.43. The Balaban J connectivity index is 2.51. The van der Waals surface area contributed by atoms with Crippen LogP contribution in [0.25, 0.3) is 10.9 Å². The Bertz CT molecular complexity index is 623. The minimum absolute atomic E-state index is 0.0355. The van der Waals surface area contributed by atoms with Crippen LogP contribution in [0.15, 0.2) is 24.3 Å². The number of aromatic nitrogens is 1. The zero-order valence-corrected chi connectivity index (χ0v) is 12.0. The highest BCUT2D eigenvalue weighted by Crippen LogP contribution is 2.27. The van der Waals surface area contributed by atoms with Crippen LogP contribution in [0.1, 0.15) is 31.0 Å². The van der Waals surface area contributed by atoms with Crippen molar-refractivity contribution in [3.63, 3.8) is 0 Å². The molecule has 2 rings (SSSR count). The molecule has 0 aliphatic heterocycles. The van der Waals surface area contributed by atoms with Crippen molar-refractivity contribution in [3.8, 4) is 0 Å². The molecule has 4 heteroatoms. The van der Waals surface area contributed by atoms with Gasteiger partial charge in [0.05, 0.1) is 11.1 Å². The van der Waals surface area contributed by atoms with E-state index in [-0.39, 0.29) is 6.42 Å². The number of fused-ring (bicyclic) bond motifs is 1. The molecule has 0 radical (unpaired) electrons. The van der Waals surface area contributed by atoms with Crippen molar-refractivity contribution in [2.24, 2.45) is 0 Å². The summed E-state index contributed by atoms with van der Waals surface area (Å²) in [4.78, 5) is 14.1. The van der Waals surface area contributed by atoms with Gasteiger partial charge in [-0.2, -0.15) is 0 Å². The third-order valence-electron chi connectivity index (χ3n) is 3.40. The van der Waals surface area contributed by atoms with E-state index < -0.39 is 5.97 Å². The van der Waals surface area contributed by atoms with Crippen LogP contribution in [-0.4, -0.2) is 12.5 Å². The van der Waals surface area contributed by atoms with Gasteiger partial charge in [-0.25, -0.2) is 4.98 Å². The second kappa shape index (κ2) is 6.37. The summed E-state index contributed by atoms with van der Waals surface area (Å²) >= 11 is 0. The predicted octanol–water partition coefficient (Wildman–Crippen LogP) is 1.47. The van der Waals surface area contributed by atoms with Gasteiger partial charge in [-0.05, 0) is 25.3 Å². The number of rotatable bonds is 6. The van der Waals surface area contributed by atoms with Gasteiger partial charge in [-0.15, -0.1) is 0 Å². The average molecular weight is 272 g/mol. The van der Waals surface area contributed by atoms with Gasteiger partial charge in [0.1, 0.15) is 0 Å². The second-order valence-electron chi connectivity index (χ2n) is 4.95. The Kier molecular flexibility index (Phi) is 4.56. The molecule has 4 nitrogen and oxygen atoms in total. The van der Waals surface area contributed by atoms with E-state index in [4.69, 9.17) is 0 Å². The molecule has 106 valence electrons. The number of hydrogen-bond donors (Lipinski definition) is 1. The maximum absolute atomic E-state index is 10.7. The van der Waals surface area contributed by atoms with Gasteiger partial charge in [0.2, 0.25) is 5.52 Å². The van der Waals surface area contributed by atoms with Crippen molar-refractivity contribution < 1.29 is 14.9 Å². The van der Waals surface area contributed by atoms with Gasteiger partial charge in [-0.3, -0.25) is 0 Å². The number of carboxylic acid groups (broad SMARTS) is 1. The molecule has 2 N–H and O–H groups in total. The molecular formula is C16H20N2O2. The van der Waals surface area contributed by atoms with E-state index in [2.05, 4.69) is 17.2 Å². The first-order valence-electron chi connectivity index (χ1n) is 7.00. The summed E-state index contributed by atoms with van der Waals surface area (Å²) in [6, 6.07) is 8.06. The lowest BCUT2D eigenvalue weighted by Gasteiger charge is -2.14. The molecule has 0 atom stereocenters. The quantitative estimate of drug-likeness (QED) is 0.866. The molecule has 0 spiro atoms. The molecule has 0 unspecified atom stereocenters. The molecule has 0 aliphatic carbocycles. The standard InChI is InChI=1S/C16H20N2O2/c1-3-10-17-16-12(8-9-15(19)20)11(2)18-14-7-5-4-6-13(14)16/h4-7H,3,8-10H2,1-2H3,(H,17,18)(H,19,20). The minimum atomic E-state index is -1.01. The molecular weight excluding hydrogens is 252 g/mol. The normalized spacial score (nSPS) is 10.7. The van der Waals surface area contributed by atoms with Crippen LogP contribution >= 0.6 is 0 Å². The van der Waals surface area contributed by atoms with E-state index >= 15 is 0 Å². The summed E-state index contributed by atoms with van der Waals surface area (Å²) in [5, 5.41) is 15.3. The van der Waals surface area contributed by atoms with E-state index in [1.807, 2.05) is 31.2 Å². The Morgan fingerprint density at radius 3 is 2.80 bits per heavy atom. The van der Waals surface area contributed by atoms with E-state index in [0.717, 1.165) is 40.8 Å². The topological polar surface area (TPSA) is 66.3 Å². The number of nitrogens with one attached hydrogen (secondary N) is 2. The number of carbonyl (C=O) groups excluding carboxylic acids is 1. The van der Waals surface area contributed by atoms with Gasteiger partial charge >= 0.3 is 0 Å². The monoisotopic (exact) mass is 272 g/mol. The molecule has 0 aliphatic rings. The Morgan fingerprint density at radius 1 is 1.35 bits per heavy atom. The van der Waals surface area contributed by atoms with Crippen molar-refractivity contribution in [3.05, 3.63) is 35.5 Å². The first-order chi connectivity index (χ1) is 9.63. The van der Waals surface area contributed by atoms with Gasteiger partial charge in [0.25, 0.3) is 0 Å². The maximum Gasteiger partial charge on any atom is 0.213 e. The van der Waals surface area contributed by atoms with E-state index in [1.54, 1.807) is 0 Å². The number of hydrogen-bond acceptors (Lipinski definition) is 3. The van der Waals surface area contributed by atoms with Crippen molar-refractivity contribution in [1.82, 2.24) is 0 Å². The van der Waals surface area contributed by atoms with Gasteiger partial charge < -0.3 is 15.2 Å². The Labute approximate surface area is 118 Å². The molecule has 20 heavy (non-hydrogen) atoms. The Morgan fingerprint density at radius 2 is 2.10 bits per heavy atom. The fourth-order valence-corrected chi connectivity index (χ4v) is 2.43. The third kappa shape index (κ3) is 3.07. The van der Waals surface area contributed by atoms with E-state index in [1.165, 1.54) is 0 Å². The summed E-state index contributed by atoms with van der Waals surface area (Å²) in [6.07, 6.45) is 1.53. The lowest BCUT2D eigenvalue weighted by Crippen LogP contribution is -2.24. The van der Waals surface area contributed by atoms with Crippen molar-refractivity contribution in [2.75, 3.05) is 11.9 Å². The molecule has 0 fully saturated rings. The first kappa shape index (κ1) is 14.3. The summed E-state index contributed by atoms with van der Waals surface area (Å²) in [6.45, 7) is 4.96. The second-order valence-corrected chi connectivity index (χ2v) is 4.95. The fourth-order valence-electron chi connectivity index (χ4n) is 2.43. The molecule has 0 saturated heterocycles. The number of H-pyrrole nitrogens is 1. The van der Waals surface area contributed by atoms with Crippen LogP contribution in [0.3, 0.4) is 0 Å². The first-order valence-corrected chi connectivity index (χ1v) is 7.00. The lowest BCUT2D eigenvalue weighted by molar-refractivity contribution is -0.355. The van der Waals surface area contributed by atoms with Crippen LogP contribution in [0.4, 0.5) is 5.69 Å². The summed E-state index contributed by atoms with van der Waals surface area (Å²) in [7, 11) is 0. The zero-order valence-electron chi connectivity index (χ0n) is 12.0. The fraction of sp³-hybridized carbons (Fsp3) is 0.375. The number of anilines is 1. The van der Waals surface area contributed by atoms with Crippen molar-refractivity contribution in [1.29, 1.82) is 0 Å². The minimum Gasteiger partial charge on any atom is -0.550 e. The van der Waals surface area contributed by atoms with Crippen molar-refractivity contribution >= 4 is 22.6 Å². The van der Waals surface area contributed by atoms with Gasteiger partial charge in [0.15, 0.2) is 5.69 Å². The van der Waals surface area contributed by atoms with E-state index in [9.17, 15) is 9.90 Å². The number of benzene rings is 1. The van der Waals surface area contributed by atoms with E-state index in [0.29, 0.717) is 6.42 Å². The summed E-state index contributed by atoms with van der Waals surface area (Å²) in [5.41, 5.74) is 4.13. The highest BCUT2D eigenvalue weighted by molar-refractivity contribution is 5.91. The molecule has 1 aromatic carbocycles. The number of aryl methyl sites for hydroxylation is 1. The number of para-hydroxylation sites is 1. The van der Waals surface area contributed by atoms with Crippen molar-refractivity contribution in [2.45, 2.75) is 33.1 Å². The summed E-state index contributed by atoms with van der Waals surface area (Å²) < 4.78 is 0. The lowest BCUT2D eigenvalue weighted by atomic mass is 10.0. The number of aliphatic carboxylic acids is 1. The molecule has 1 aromatic heterocycles. The maximum atomic E-state index is 10.7. The predicted molar refractivity (Wildman–Crippen MR) is 77.3 cm³/mol. The number of aromatic amines is 1. The highest BCUT2D eigenvalue weighted by Gasteiger charge is 2.16. The zero-order chi connectivity index (χ0) is 14.5. The van der Waals surface area contributed by atoms with Crippen LogP contribution in [0.5, 0.6) is 0 Å².